The zero-order valence-electron chi connectivity index (χ0n) is 7.41. The Hall–Kier alpha value is -1.64. The summed E-state index contributed by atoms with van der Waals surface area (Å²) in [5.41, 5.74) is 6.09. The van der Waals surface area contributed by atoms with Gasteiger partial charge in [-0.05, 0) is 12.1 Å². The van der Waals surface area contributed by atoms with Crippen molar-refractivity contribution in [3.8, 4) is 0 Å². The maximum absolute atomic E-state index is 11.2. The van der Waals surface area contributed by atoms with Crippen LogP contribution in [0, 0.1) is 0 Å². The second-order valence-corrected chi connectivity index (χ2v) is 2.72. The zero-order chi connectivity index (χ0) is 9.84. The quantitative estimate of drug-likeness (QED) is 0.709. The summed E-state index contributed by atoms with van der Waals surface area (Å²) < 4.78 is 0. The van der Waals surface area contributed by atoms with Crippen molar-refractivity contribution in [1.29, 1.82) is 0 Å². The minimum Gasteiger partial charge on any atom is -0.366 e. The summed E-state index contributed by atoms with van der Waals surface area (Å²) in [4.78, 5) is 21.9. The predicted octanol–water partition coefficient (Wildman–Crippen LogP) is 1.38. The first-order valence-corrected chi connectivity index (χ1v) is 4.08. The van der Waals surface area contributed by atoms with E-state index in [1.807, 2.05) is 0 Å². The molecule has 0 aromatic heterocycles. The van der Waals surface area contributed by atoms with Gasteiger partial charge in [-0.15, -0.1) is 0 Å². The second-order valence-electron chi connectivity index (χ2n) is 2.72. The van der Waals surface area contributed by atoms with E-state index < -0.39 is 5.91 Å². The summed E-state index contributed by atoms with van der Waals surface area (Å²) in [6.45, 7) is 1.80. The van der Waals surface area contributed by atoms with Gasteiger partial charge >= 0.3 is 0 Å². The van der Waals surface area contributed by atoms with E-state index in [9.17, 15) is 9.59 Å². The van der Waals surface area contributed by atoms with E-state index in [4.69, 9.17) is 5.73 Å². The first-order chi connectivity index (χ1) is 6.15. The van der Waals surface area contributed by atoms with Crippen LogP contribution in [0.1, 0.15) is 34.1 Å². The van der Waals surface area contributed by atoms with Crippen molar-refractivity contribution in [3.63, 3.8) is 0 Å². The third-order valence-electron chi connectivity index (χ3n) is 1.81. The van der Waals surface area contributed by atoms with E-state index in [1.165, 1.54) is 0 Å². The molecule has 0 unspecified atom stereocenters. The molecule has 68 valence electrons. The van der Waals surface area contributed by atoms with E-state index in [-0.39, 0.29) is 5.78 Å². The third-order valence-corrected chi connectivity index (χ3v) is 1.81. The van der Waals surface area contributed by atoms with Gasteiger partial charge in [-0.3, -0.25) is 9.59 Å². The fraction of sp³-hybridized carbons (Fsp3) is 0.200. The van der Waals surface area contributed by atoms with Crippen LogP contribution in [0.25, 0.3) is 0 Å². The van der Waals surface area contributed by atoms with Crippen LogP contribution in [0.2, 0.25) is 0 Å². The van der Waals surface area contributed by atoms with Crippen molar-refractivity contribution >= 4 is 11.7 Å². The van der Waals surface area contributed by atoms with E-state index in [1.54, 1.807) is 31.2 Å². The lowest BCUT2D eigenvalue weighted by Crippen LogP contribution is -2.10. The van der Waals surface area contributed by atoms with Crippen LogP contribution in [0.4, 0.5) is 0 Å². The first kappa shape index (κ1) is 9.45. The molecule has 0 aliphatic carbocycles. The molecule has 3 nitrogen and oxygen atoms in total. The number of hydrogen-bond acceptors (Lipinski definition) is 2. The lowest BCUT2D eigenvalue weighted by Gasteiger charge is -1.98. The highest BCUT2D eigenvalue weighted by atomic mass is 16.1. The molecule has 0 atom stereocenters. The predicted molar refractivity (Wildman–Crippen MR) is 49.6 cm³/mol. The van der Waals surface area contributed by atoms with E-state index >= 15 is 0 Å². The van der Waals surface area contributed by atoms with Gasteiger partial charge in [-0.1, -0.05) is 19.1 Å². The second kappa shape index (κ2) is 3.85. The number of nitrogens with two attached hydrogens (primary N) is 1. The summed E-state index contributed by atoms with van der Waals surface area (Å²) >= 11 is 0. The molecular formula is C10H11NO2. The largest absolute Gasteiger partial charge is 0.366 e. The fourth-order valence-electron chi connectivity index (χ4n) is 1.02. The van der Waals surface area contributed by atoms with Crippen LogP contribution < -0.4 is 5.73 Å². The Morgan fingerprint density at radius 1 is 1.15 bits per heavy atom. The van der Waals surface area contributed by atoms with Crippen molar-refractivity contribution in [1.82, 2.24) is 0 Å². The number of amides is 1. The minimum atomic E-state index is -0.476. The number of hydrogen-bond donors (Lipinski definition) is 1. The molecule has 2 N–H and O–H groups in total. The molecule has 1 aromatic carbocycles. The molecule has 0 saturated heterocycles. The van der Waals surface area contributed by atoms with Gasteiger partial charge in [0.2, 0.25) is 5.91 Å². The minimum absolute atomic E-state index is 0.0658. The number of carbonyl (C=O) groups excluding carboxylic acids is 2. The zero-order valence-corrected chi connectivity index (χ0v) is 7.41. The van der Waals surface area contributed by atoms with Crippen LogP contribution in [-0.2, 0) is 0 Å². The lowest BCUT2D eigenvalue weighted by molar-refractivity contribution is 0.0981. The monoisotopic (exact) mass is 177 g/mol. The van der Waals surface area contributed by atoms with Gasteiger partial charge in [-0.25, -0.2) is 0 Å². The third kappa shape index (κ3) is 2.15. The Bertz CT molecular complexity index is 327. The Morgan fingerprint density at radius 3 is 2.00 bits per heavy atom. The molecule has 1 amide bonds. The molecule has 0 fully saturated rings. The van der Waals surface area contributed by atoms with Crippen LogP contribution >= 0.6 is 0 Å². The maximum Gasteiger partial charge on any atom is 0.248 e. The van der Waals surface area contributed by atoms with Gasteiger partial charge in [-0.2, -0.15) is 0 Å². The molecule has 0 heterocycles. The Morgan fingerprint density at radius 2 is 1.62 bits per heavy atom. The topological polar surface area (TPSA) is 60.2 Å². The number of ketones is 1. The molecule has 1 rings (SSSR count). The molecule has 13 heavy (non-hydrogen) atoms. The Balaban J connectivity index is 2.93. The number of carbonyl (C=O) groups is 2. The molecule has 0 saturated carbocycles. The van der Waals surface area contributed by atoms with Crippen molar-refractivity contribution in [2.24, 2.45) is 5.73 Å². The molecule has 0 spiro atoms. The van der Waals surface area contributed by atoms with Gasteiger partial charge in [0.25, 0.3) is 0 Å². The first-order valence-electron chi connectivity index (χ1n) is 4.08. The Kier molecular flexibility index (Phi) is 2.80. The molecule has 1 aromatic rings. The highest BCUT2D eigenvalue weighted by Crippen LogP contribution is 2.06. The van der Waals surface area contributed by atoms with Crippen molar-refractivity contribution in [2.75, 3.05) is 0 Å². The molecular weight excluding hydrogens is 166 g/mol. The molecule has 0 aliphatic rings. The number of benzene rings is 1. The average Bonchev–Trinajstić information content (AvgIpc) is 2.17. The number of rotatable bonds is 3. The van der Waals surface area contributed by atoms with Crippen LogP contribution in [0.3, 0.4) is 0 Å². The van der Waals surface area contributed by atoms with Crippen LogP contribution in [-0.4, -0.2) is 11.7 Å². The summed E-state index contributed by atoms with van der Waals surface area (Å²) in [6.07, 6.45) is 0.468. The maximum atomic E-state index is 11.2. The summed E-state index contributed by atoms with van der Waals surface area (Å²) in [5, 5.41) is 0. The van der Waals surface area contributed by atoms with E-state index in [2.05, 4.69) is 0 Å². The standard InChI is InChI=1S/C10H11NO2/c1-2-9(12)7-3-5-8(6-4-7)10(11)13/h3-6H,2H2,1H3,(H2,11,13). The summed E-state index contributed by atoms with van der Waals surface area (Å²) in [7, 11) is 0. The SMILES string of the molecule is CCC(=O)c1ccc(C(N)=O)cc1. The molecule has 0 radical (unpaired) electrons. The lowest BCUT2D eigenvalue weighted by atomic mass is 10.1. The molecule has 3 heteroatoms. The fourth-order valence-corrected chi connectivity index (χ4v) is 1.02. The van der Waals surface area contributed by atoms with Crippen molar-refractivity contribution < 1.29 is 9.59 Å². The van der Waals surface area contributed by atoms with Gasteiger partial charge in [0.1, 0.15) is 0 Å². The Labute approximate surface area is 76.6 Å². The number of Topliss-reactive ketones (excluding diaryl/α,β-unsaturated/α-hetero) is 1. The summed E-state index contributed by atoms with van der Waals surface area (Å²) in [6, 6.07) is 6.36. The highest BCUT2D eigenvalue weighted by molar-refractivity contribution is 5.98. The summed E-state index contributed by atoms with van der Waals surface area (Å²) in [5.74, 6) is -0.411. The van der Waals surface area contributed by atoms with Gasteiger partial charge < -0.3 is 5.73 Å². The van der Waals surface area contributed by atoms with Crippen LogP contribution in [0.5, 0.6) is 0 Å². The van der Waals surface area contributed by atoms with Crippen LogP contribution in [0.15, 0.2) is 24.3 Å². The number of primary amides is 1. The van der Waals surface area contributed by atoms with Crippen molar-refractivity contribution in [2.45, 2.75) is 13.3 Å². The van der Waals surface area contributed by atoms with Gasteiger partial charge in [0, 0.05) is 17.5 Å². The van der Waals surface area contributed by atoms with Gasteiger partial charge in [0.05, 0.1) is 0 Å². The molecule has 0 bridgehead atoms. The van der Waals surface area contributed by atoms with E-state index in [0.717, 1.165) is 0 Å². The highest BCUT2D eigenvalue weighted by Gasteiger charge is 2.04. The smallest absolute Gasteiger partial charge is 0.248 e. The average molecular weight is 177 g/mol. The molecule has 0 aliphatic heterocycles. The van der Waals surface area contributed by atoms with Gasteiger partial charge in [0.15, 0.2) is 5.78 Å². The van der Waals surface area contributed by atoms with E-state index in [0.29, 0.717) is 17.5 Å². The normalized spacial score (nSPS) is 9.62. The van der Waals surface area contributed by atoms with Crippen molar-refractivity contribution in [3.05, 3.63) is 35.4 Å².